The summed E-state index contributed by atoms with van der Waals surface area (Å²) in [5, 5.41) is 0.685. The largest absolute Gasteiger partial charge is 0.479 e. The van der Waals surface area contributed by atoms with Crippen molar-refractivity contribution < 1.29 is 19.1 Å². The van der Waals surface area contributed by atoms with E-state index in [1.54, 1.807) is 30.0 Å². The van der Waals surface area contributed by atoms with Crippen LogP contribution in [0.3, 0.4) is 0 Å². The molecule has 8 heteroatoms. The summed E-state index contributed by atoms with van der Waals surface area (Å²) in [7, 11) is 0. The summed E-state index contributed by atoms with van der Waals surface area (Å²) in [5.74, 6) is 0.442. The van der Waals surface area contributed by atoms with Gasteiger partial charge in [-0.1, -0.05) is 29.3 Å². The Balaban J connectivity index is 1.51. The quantitative estimate of drug-likeness (QED) is 0.759. The Morgan fingerprint density at radius 3 is 2.44 bits per heavy atom. The number of ether oxygens (including phenoxy) is 2. The molecule has 0 saturated carbocycles. The Morgan fingerprint density at radius 2 is 1.78 bits per heavy atom. The molecule has 1 aromatic rings. The Morgan fingerprint density at radius 1 is 1.11 bits per heavy atom. The molecule has 2 saturated heterocycles. The monoisotopic (exact) mass is 414 g/mol. The number of morpholine rings is 1. The molecule has 1 atom stereocenters. The van der Waals surface area contributed by atoms with E-state index in [1.165, 1.54) is 0 Å². The van der Waals surface area contributed by atoms with Gasteiger partial charge >= 0.3 is 0 Å². The summed E-state index contributed by atoms with van der Waals surface area (Å²) in [6, 6.07) is 5.08. The van der Waals surface area contributed by atoms with Crippen molar-refractivity contribution in [3.63, 3.8) is 0 Å². The summed E-state index contributed by atoms with van der Waals surface area (Å²) < 4.78 is 11.0. The molecule has 2 aliphatic heterocycles. The maximum absolute atomic E-state index is 12.7. The average molecular weight is 415 g/mol. The van der Waals surface area contributed by atoms with Crippen molar-refractivity contribution in [2.75, 3.05) is 39.4 Å². The van der Waals surface area contributed by atoms with Crippen LogP contribution in [0, 0.1) is 5.92 Å². The lowest BCUT2D eigenvalue weighted by Gasteiger charge is -2.36. The van der Waals surface area contributed by atoms with Gasteiger partial charge in [0.05, 0.1) is 18.2 Å². The highest BCUT2D eigenvalue weighted by Crippen LogP contribution is 2.32. The Kier molecular flexibility index (Phi) is 6.84. The van der Waals surface area contributed by atoms with Gasteiger partial charge in [-0.05, 0) is 31.9 Å². The van der Waals surface area contributed by atoms with Gasteiger partial charge in [-0.2, -0.15) is 0 Å². The number of carbonyl (C=O) groups excluding carboxylic acids is 2. The van der Waals surface area contributed by atoms with E-state index in [9.17, 15) is 9.59 Å². The first-order valence-electron chi connectivity index (χ1n) is 9.23. The summed E-state index contributed by atoms with van der Waals surface area (Å²) in [6.07, 6.45) is 0.673. The summed E-state index contributed by atoms with van der Waals surface area (Å²) in [6.45, 7) is 5.32. The highest BCUT2D eigenvalue weighted by molar-refractivity contribution is 6.42. The number of benzene rings is 1. The maximum Gasteiger partial charge on any atom is 0.263 e. The molecular formula is C19H24Cl2N2O4. The number of piperidine rings is 1. The number of halogens is 2. The van der Waals surface area contributed by atoms with Gasteiger partial charge in [0.15, 0.2) is 6.10 Å². The first kappa shape index (κ1) is 20.2. The van der Waals surface area contributed by atoms with E-state index in [4.69, 9.17) is 32.7 Å². The molecule has 0 radical (unpaired) electrons. The summed E-state index contributed by atoms with van der Waals surface area (Å²) >= 11 is 12.1. The molecule has 0 spiro atoms. The minimum atomic E-state index is -0.674. The van der Waals surface area contributed by atoms with Crippen LogP contribution in [0.25, 0.3) is 0 Å². The number of rotatable bonds is 4. The number of likely N-dealkylation sites (tertiary alicyclic amines) is 1. The highest BCUT2D eigenvalue weighted by Gasteiger charge is 2.32. The van der Waals surface area contributed by atoms with E-state index in [0.29, 0.717) is 68.0 Å². The second-order valence-electron chi connectivity index (χ2n) is 6.85. The van der Waals surface area contributed by atoms with Crippen molar-refractivity contribution in [1.82, 2.24) is 9.80 Å². The molecule has 0 bridgehead atoms. The molecule has 2 amide bonds. The lowest BCUT2D eigenvalue weighted by atomic mass is 9.95. The highest BCUT2D eigenvalue weighted by atomic mass is 35.5. The Hall–Kier alpha value is -1.50. The molecule has 148 valence electrons. The number of amides is 2. The second kappa shape index (κ2) is 9.13. The third-order valence-corrected chi connectivity index (χ3v) is 5.85. The van der Waals surface area contributed by atoms with Gasteiger partial charge in [0.2, 0.25) is 5.91 Å². The van der Waals surface area contributed by atoms with Gasteiger partial charge in [-0.3, -0.25) is 9.59 Å². The third-order valence-electron chi connectivity index (χ3n) is 5.05. The van der Waals surface area contributed by atoms with Crippen LogP contribution in [-0.2, 0) is 14.3 Å². The first-order chi connectivity index (χ1) is 13.0. The molecule has 2 fully saturated rings. The molecule has 0 aromatic heterocycles. The van der Waals surface area contributed by atoms with Gasteiger partial charge in [0.25, 0.3) is 5.91 Å². The van der Waals surface area contributed by atoms with Crippen LogP contribution in [0.4, 0.5) is 0 Å². The van der Waals surface area contributed by atoms with E-state index in [0.717, 1.165) is 0 Å². The van der Waals surface area contributed by atoms with Crippen LogP contribution in [-0.4, -0.2) is 67.1 Å². The normalized spacial score (nSPS) is 19.7. The SMILES string of the molecule is CC(Oc1cccc(Cl)c1Cl)C(=O)N1CCC(C(=O)N2CCOCC2)CC1. The standard InChI is InChI=1S/C19H24Cl2N2O4/c1-13(27-16-4-2-3-15(20)17(16)21)18(24)22-7-5-14(6-8-22)19(25)23-9-11-26-12-10-23/h2-4,13-14H,5-12H2,1H3. The molecule has 27 heavy (non-hydrogen) atoms. The van der Waals surface area contributed by atoms with Crippen LogP contribution in [0.5, 0.6) is 5.75 Å². The third kappa shape index (κ3) is 4.86. The minimum Gasteiger partial charge on any atom is -0.479 e. The fourth-order valence-corrected chi connectivity index (χ4v) is 3.80. The van der Waals surface area contributed by atoms with Crippen molar-refractivity contribution in [1.29, 1.82) is 0 Å². The molecule has 3 rings (SSSR count). The summed E-state index contributed by atoms with van der Waals surface area (Å²) in [4.78, 5) is 28.9. The van der Waals surface area contributed by atoms with Crippen LogP contribution in [0.2, 0.25) is 10.0 Å². The van der Waals surface area contributed by atoms with Crippen LogP contribution < -0.4 is 4.74 Å². The fraction of sp³-hybridized carbons (Fsp3) is 0.579. The van der Waals surface area contributed by atoms with Gasteiger partial charge < -0.3 is 19.3 Å². The van der Waals surface area contributed by atoms with Gasteiger partial charge in [0, 0.05) is 32.1 Å². The minimum absolute atomic E-state index is 0.0225. The van der Waals surface area contributed by atoms with Crippen molar-refractivity contribution >= 4 is 35.0 Å². The zero-order valence-electron chi connectivity index (χ0n) is 15.3. The number of hydrogen-bond donors (Lipinski definition) is 0. The Labute approximate surface area is 169 Å². The van der Waals surface area contributed by atoms with E-state index >= 15 is 0 Å². The smallest absolute Gasteiger partial charge is 0.263 e. The topological polar surface area (TPSA) is 59.1 Å². The first-order valence-corrected chi connectivity index (χ1v) is 9.99. The summed E-state index contributed by atoms with van der Waals surface area (Å²) in [5.41, 5.74) is 0. The maximum atomic E-state index is 12.7. The molecule has 2 aliphatic rings. The molecule has 0 aliphatic carbocycles. The number of hydrogen-bond acceptors (Lipinski definition) is 4. The van der Waals surface area contributed by atoms with Crippen molar-refractivity contribution in [3.05, 3.63) is 28.2 Å². The zero-order chi connectivity index (χ0) is 19.4. The molecule has 2 heterocycles. The molecule has 6 nitrogen and oxygen atoms in total. The second-order valence-corrected chi connectivity index (χ2v) is 7.63. The Bertz CT molecular complexity index is 686. The lowest BCUT2D eigenvalue weighted by molar-refractivity contribution is -0.145. The zero-order valence-corrected chi connectivity index (χ0v) is 16.8. The van der Waals surface area contributed by atoms with Crippen LogP contribution in [0.1, 0.15) is 19.8 Å². The lowest BCUT2D eigenvalue weighted by Crippen LogP contribution is -2.49. The predicted octanol–water partition coefficient (Wildman–Crippen LogP) is 2.86. The van der Waals surface area contributed by atoms with Gasteiger partial charge in [-0.25, -0.2) is 0 Å². The molecular weight excluding hydrogens is 391 g/mol. The van der Waals surface area contributed by atoms with Crippen molar-refractivity contribution in [2.24, 2.45) is 5.92 Å². The van der Waals surface area contributed by atoms with Crippen molar-refractivity contribution in [3.8, 4) is 5.75 Å². The van der Waals surface area contributed by atoms with Crippen molar-refractivity contribution in [2.45, 2.75) is 25.9 Å². The molecule has 1 unspecified atom stereocenters. The van der Waals surface area contributed by atoms with E-state index in [2.05, 4.69) is 0 Å². The number of carbonyl (C=O) groups is 2. The molecule has 0 N–H and O–H groups in total. The van der Waals surface area contributed by atoms with Gasteiger partial charge in [0.1, 0.15) is 10.8 Å². The molecule has 1 aromatic carbocycles. The van der Waals surface area contributed by atoms with E-state index in [-0.39, 0.29) is 17.7 Å². The fourth-order valence-electron chi connectivity index (χ4n) is 3.46. The van der Waals surface area contributed by atoms with Crippen LogP contribution >= 0.6 is 23.2 Å². The number of nitrogens with zero attached hydrogens (tertiary/aromatic N) is 2. The van der Waals surface area contributed by atoms with E-state index < -0.39 is 6.10 Å². The van der Waals surface area contributed by atoms with E-state index in [1.807, 2.05) is 4.90 Å². The van der Waals surface area contributed by atoms with Crippen LogP contribution in [0.15, 0.2) is 18.2 Å². The predicted molar refractivity (Wildman–Crippen MR) is 103 cm³/mol. The van der Waals surface area contributed by atoms with Gasteiger partial charge in [-0.15, -0.1) is 0 Å². The average Bonchev–Trinajstić information content (AvgIpc) is 2.71.